The summed E-state index contributed by atoms with van der Waals surface area (Å²) in [6.07, 6.45) is 7.03. The molecule has 0 amide bonds. The predicted molar refractivity (Wildman–Crippen MR) is 118 cm³/mol. The maximum Gasteiger partial charge on any atom is 0.387 e. The van der Waals surface area contributed by atoms with Gasteiger partial charge in [0, 0.05) is 53.3 Å². The second kappa shape index (κ2) is 8.26. The molecule has 9 heteroatoms. The van der Waals surface area contributed by atoms with Crippen LogP contribution in [0.5, 0.6) is 5.75 Å². The third kappa shape index (κ3) is 3.96. The number of nitrogens with zero attached hydrogens (tertiary/aromatic N) is 3. The maximum absolute atomic E-state index is 12.6. The standard InChI is InChI=1S/C23H31F2N5O2/c1-11(2)29-19(7-18(26)12-3-20(32-23(24)25)22(27)28-8-12)21-16-5-13(6-17(16)21)30-14-4-15(30)10-31-9-14/h3,7-8,11,13-17,21,23H,4-6,9-10,26H2,1-2H3,(H2,27,28)/t13?,14?,15?,16-,17?,21?/m0/s1. The van der Waals surface area contributed by atoms with E-state index in [9.17, 15) is 8.78 Å². The van der Waals surface area contributed by atoms with Crippen LogP contribution in [0.3, 0.4) is 0 Å². The van der Waals surface area contributed by atoms with Crippen molar-refractivity contribution in [2.24, 2.45) is 28.5 Å². The normalized spacial score (nSPS) is 34.6. The molecule has 2 aliphatic heterocycles. The van der Waals surface area contributed by atoms with Crippen molar-refractivity contribution in [3.8, 4) is 5.75 Å². The van der Waals surface area contributed by atoms with E-state index in [-0.39, 0.29) is 17.6 Å². The highest BCUT2D eigenvalue weighted by atomic mass is 19.3. The molecule has 0 radical (unpaired) electrons. The third-order valence-corrected chi connectivity index (χ3v) is 7.33. The molecule has 7 nitrogen and oxygen atoms in total. The molecule has 2 bridgehead atoms. The fourth-order valence-electron chi connectivity index (χ4n) is 6.02. The molecule has 3 heterocycles. The third-order valence-electron chi connectivity index (χ3n) is 7.33. The Morgan fingerprint density at radius 3 is 2.50 bits per heavy atom. The lowest BCUT2D eigenvalue weighted by Crippen LogP contribution is -2.66. The summed E-state index contributed by atoms with van der Waals surface area (Å²) in [4.78, 5) is 11.5. The summed E-state index contributed by atoms with van der Waals surface area (Å²) in [6, 6.07) is 3.42. The summed E-state index contributed by atoms with van der Waals surface area (Å²) >= 11 is 0. The summed E-state index contributed by atoms with van der Waals surface area (Å²) in [7, 11) is 0. The molecule has 32 heavy (non-hydrogen) atoms. The highest BCUT2D eigenvalue weighted by Crippen LogP contribution is 2.60. The highest BCUT2D eigenvalue weighted by molar-refractivity contribution is 6.04. The average Bonchev–Trinajstić information content (AvgIpc) is 3.23. The molecular formula is C23H31F2N5O2. The molecule has 4 N–H and O–H groups in total. The zero-order valence-electron chi connectivity index (χ0n) is 18.5. The van der Waals surface area contributed by atoms with Crippen LogP contribution in [-0.4, -0.2) is 59.6 Å². The molecule has 1 aromatic rings. The monoisotopic (exact) mass is 447 g/mol. The number of fused-ring (bicyclic) bond motifs is 3. The Bertz CT molecular complexity index is 911. The average molecular weight is 448 g/mol. The van der Waals surface area contributed by atoms with E-state index in [0.717, 1.165) is 18.9 Å². The minimum absolute atomic E-state index is 0.0955. The molecule has 6 atom stereocenters. The number of rotatable bonds is 7. The van der Waals surface area contributed by atoms with E-state index < -0.39 is 6.61 Å². The number of aliphatic imine (C=N–C) groups is 1. The molecule has 4 fully saturated rings. The Morgan fingerprint density at radius 1 is 1.22 bits per heavy atom. The van der Waals surface area contributed by atoms with E-state index in [0.29, 0.717) is 47.1 Å². The molecule has 0 spiro atoms. The number of hydrogen-bond donors (Lipinski definition) is 2. The SMILES string of the molecule is CC(C)N=C(C=C(N)c1cnc(N)c(OC(F)F)c1)C1C2CC(N3C4COCC3C4)C[C@@H]21. The molecule has 174 valence electrons. The minimum Gasteiger partial charge on any atom is -0.431 e. The zero-order valence-corrected chi connectivity index (χ0v) is 18.5. The van der Waals surface area contributed by atoms with Gasteiger partial charge in [-0.2, -0.15) is 8.78 Å². The van der Waals surface area contributed by atoms with E-state index in [1.54, 1.807) is 0 Å². The second-order valence-corrected chi connectivity index (χ2v) is 9.74. The number of alkyl halides is 2. The lowest BCUT2D eigenvalue weighted by atomic mass is 9.87. The Labute approximate surface area is 186 Å². The molecule has 2 aliphatic carbocycles. The number of halogens is 2. The topological polar surface area (TPSA) is 99.0 Å². The van der Waals surface area contributed by atoms with Crippen LogP contribution in [0.15, 0.2) is 23.3 Å². The molecule has 2 saturated carbocycles. The first kappa shape index (κ1) is 21.6. The lowest BCUT2D eigenvalue weighted by molar-refractivity contribution is -0.147. The summed E-state index contributed by atoms with van der Waals surface area (Å²) in [5.74, 6) is 1.40. The molecule has 0 aromatic carbocycles. The van der Waals surface area contributed by atoms with Gasteiger partial charge in [0.15, 0.2) is 11.6 Å². The van der Waals surface area contributed by atoms with Gasteiger partial charge in [0.1, 0.15) is 0 Å². The van der Waals surface area contributed by atoms with Gasteiger partial charge in [-0.3, -0.25) is 9.89 Å². The minimum atomic E-state index is -2.98. The van der Waals surface area contributed by atoms with Crippen LogP contribution in [0.2, 0.25) is 0 Å². The number of nitrogen functional groups attached to an aromatic ring is 1. The Balaban J connectivity index is 1.30. The molecule has 5 unspecified atom stereocenters. The van der Waals surface area contributed by atoms with Crippen molar-refractivity contribution in [2.75, 3.05) is 18.9 Å². The highest BCUT2D eigenvalue weighted by Gasteiger charge is 2.61. The Hall–Kier alpha value is -2.26. The summed E-state index contributed by atoms with van der Waals surface area (Å²) < 4.78 is 35.4. The smallest absolute Gasteiger partial charge is 0.387 e. The van der Waals surface area contributed by atoms with Gasteiger partial charge >= 0.3 is 6.61 Å². The van der Waals surface area contributed by atoms with Gasteiger partial charge in [0.2, 0.25) is 0 Å². The van der Waals surface area contributed by atoms with Gasteiger partial charge in [0.25, 0.3) is 0 Å². The van der Waals surface area contributed by atoms with Gasteiger partial charge < -0.3 is 20.9 Å². The van der Waals surface area contributed by atoms with E-state index in [2.05, 4.69) is 14.6 Å². The van der Waals surface area contributed by atoms with E-state index in [4.69, 9.17) is 21.2 Å². The summed E-state index contributed by atoms with van der Waals surface area (Å²) in [5.41, 5.74) is 13.9. The van der Waals surface area contributed by atoms with Crippen LogP contribution in [-0.2, 0) is 4.74 Å². The number of allylic oxidation sites excluding steroid dienone is 1. The fourth-order valence-corrected chi connectivity index (χ4v) is 6.02. The van der Waals surface area contributed by atoms with Gasteiger partial charge in [-0.25, -0.2) is 4.98 Å². The Morgan fingerprint density at radius 2 is 1.91 bits per heavy atom. The number of hydrogen-bond acceptors (Lipinski definition) is 7. The van der Waals surface area contributed by atoms with Gasteiger partial charge in [0.05, 0.1) is 13.2 Å². The zero-order chi connectivity index (χ0) is 22.6. The van der Waals surface area contributed by atoms with E-state index in [1.807, 2.05) is 19.9 Å². The maximum atomic E-state index is 12.6. The van der Waals surface area contributed by atoms with Crippen molar-refractivity contribution < 1.29 is 18.3 Å². The van der Waals surface area contributed by atoms with Crippen LogP contribution in [0.25, 0.3) is 5.70 Å². The first-order valence-corrected chi connectivity index (χ1v) is 11.4. The van der Waals surface area contributed by atoms with Crippen molar-refractivity contribution in [1.29, 1.82) is 0 Å². The first-order valence-electron chi connectivity index (χ1n) is 11.4. The van der Waals surface area contributed by atoms with Gasteiger partial charge in [-0.15, -0.1) is 0 Å². The quantitative estimate of drug-likeness (QED) is 0.624. The fraction of sp³-hybridized carbons (Fsp3) is 0.652. The first-order chi connectivity index (χ1) is 15.3. The molecule has 2 saturated heterocycles. The molecule has 5 rings (SSSR count). The van der Waals surface area contributed by atoms with Crippen molar-refractivity contribution >= 4 is 17.2 Å². The summed E-state index contributed by atoms with van der Waals surface area (Å²) in [5, 5.41) is 0. The van der Waals surface area contributed by atoms with Crippen molar-refractivity contribution in [3.05, 3.63) is 23.9 Å². The van der Waals surface area contributed by atoms with Crippen LogP contribution < -0.4 is 16.2 Å². The molecule has 4 aliphatic rings. The number of anilines is 1. The van der Waals surface area contributed by atoms with Crippen LogP contribution in [0, 0.1) is 17.8 Å². The largest absolute Gasteiger partial charge is 0.431 e. The van der Waals surface area contributed by atoms with Crippen molar-refractivity contribution in [1.82, 2.24) is 9.88 Å². The second-order valence-electron chi connectivity index (χ2n) is 9.74. The van der Waals surface area contributed by atoms with Gasteiger partial charge in [-0.1, -0.05) is 0 Å². The Kier molecular flexibility index (Phi) is 5.57. The van der Waals surface area contributed by atoms with Crippen LogP contribution >= 0.6 is 0 Å². The van der Waals surface area contributed by atoms with E-state index in [1.165, 1.54) is 31.5 Å². The van der Waals surface area contributed by atoms with Gasteiger partial charge in [-0.05, 0) is 57.1 Å². The van der Waals surface area contributed by atoms with Crippen LogP contribution in [0.4, 0.5) is 14.6 Å². The number of pyridine rings is 1. The molecular weight excluding hydrogens is 416 g/mol. The predicted octanol–water partition coefficient (Wildman–Crippen LogP) is 2.91. The number of ether oxygens (including phenoxy) is 2. The van der Waals surface area contributed by atoms with Crippen LogP contribution in [0.1, 0.15) is 38.7 Å². The van der Waals surface area contributed by atoms with Crippen molar-refractivity contribution in [2.45, 2.75) is 63.9 Å². The van der Waals surface area contributed by atoms with Crippen molar-refractivity contribution in [3.63, 3.8) is 0 Å². The number of morpholine rings is 1. The molecule has 1 aromatic heterocycles. The lowest BCUT2D eigenvalue weighted by Gasteiger charge is -2.55. The summed E-state index contributed by atoms with van der Waals surface area (Å²) in [6.45, 7) is 2.86. The van der Waals surface area contributed by atoms with E-state index >= 15 is 0 Å². The number of nitrogens with two attached hydrogens (primary N) is 2. The number of aromatic nitrogens is 1.